The van der Waals surface area contributed by atoms with E-state index in [1.807, 2.05) is 18.2 Å². The molecule has 1 heteroatoms. The summed E-state index contributed by atoms with van der Waals surface area (Å²) in [5.74, 6) is 0.306. The smallest absolute Gasteiger partial charge is 0.159 e. The van der Waals surface area contributed by atoms with Crippen molar-refractivity contribution in [2.24, 2.45) is 0 Å². The predicted molar refractivity (Wildman–Crippen MR) is 53.4 cm³/mol. The lowest BCUT2D eigenvalue weighted by atomic mass is 9.89. The molecule has 1 saturated carbocycles. The van der Waals surface area contributed by atoms with Crippen molar-refractivity contribution < 1.29 is 4.79 Å². The second kappa shape index (κ2) is 3.17. The van der Waals surface area contributed by atoms with Crippen LogP contribution in [0.15, 0.2) is 29.8 Å². The minimum atomic E-state index is 0.306. The molecule has 0 N–H and O–H groups in total. The van der Waals surface area contributed by atoms with Gasteiger partial charge in [0.2, 0.25) is 0 Å². The molecule has 1 fully saturated rings. The molecule has 0 atom stereocenters. The molecule has 1 aromatic carbocycles. The van der Waals surface area contributed by atoms with E-state index in [4.69, 9.17) is 0 Å². The Morgan fingerprint density at radius 2 is 1.85 bits per heavy atom. The van der Waals surface area contributed by atoms with Gasteiger partial charge in [-0.25, -0.2) is 0 Å². The molecule has 1 nitrogen and oxygen atoms in total. The second-order valence-electron chi connectivity index (χ2n) is 3.50. The monoisotopic (exact) mass is 172 g/mol. The standard InChI is InChI=1S/C12H12O/c1-9-2-4-10(5-3-9)8-11-6-7-12(11)13/h2-5,8H,6-7H2,1H3/b11-8-. The maximum atomic E-state index is 11.0. The molecule has 0 heterocycles. The highest BCUT2D eigenvalue weighted by Crippen LogP contribution is 2.23. The van der Waals surface area contributed by atoms with Crippen LogP contribution in [0.4, 0.5) is 0 Å². The number of benzene rings is 1. The van der Waals surface area contributed by atoms with Crippen LogP contribution in [-0.4, -0.2) is 5.78 Å². The minimum absolute atomic E-state index is 0.306. The average Bonchev–Trinajstić information content (AvgIpc) is 2.15. The van der Waals surface area contributed by atoms with Gasteiger partial charge in [0.05, 0.1) is 0 Å². The molecule has 66 valence electrons. The Kier molecular flexibility index (Phi) is 2.01. The first-order valence-corrected chi connectivity index (χ1v) is 4.56. The van der Waals surface area contributed by atoms with Crippen LogP contribution in [0.2, 0.25) is 0 Å². The molecule has 0 bridgehead atoms. The average molecular weight is 172 g/mol. The number of Topliss-reactive ketones (excluding diaryl/α,β-unsaturated/α-hetero) is 1. The van der Waals surface area contributed by atoms with Crippen LogP contribution >= 0.6 is 0 Å². The summed E-state index contributed by atoms with van der Waals surface area (Å²) in [6.45, 7) is 2.06. The molecule has 1 aliphatic rings. The van der Waals surface area contributed by atoms with E-state index < -0.39 is 0 Å². The Bertz CT molecular complexity index is 357. The minimum Gasteiger partial charge on any atom is -0.295 e. The normalized spacial score (nSPS) is 18.8. The van der Waals surface area contributed by atoms with Crippen LogP contribution in [0.5, 0.6) is 0 Å². The van der Waals surface area contributed by atoms with Gasteiger partial charge in [-0.2, -0.15) is 0 Å². The number of carbonyl (C=O) groups excluding carboxylic acids is 1. The number of ketones is 1. The van der Waals surface area contributed by atoms with Gasteiger partial charge in [0.15, 0.2) is 5.78 Å². The van der Waals surface area contributed by atoms with E-state index in [-0.39, 0.29) is 0 Å². The summed E-state index contributed by atoms with van der Waals surface area (Å²) in [7, 11) is 0. The zero-order valence-corrected chi connectivity index (χ0v) is 7.71. The lowest BCUT2D eigenvalue weighted by molar-refractivity contribution is -0.118. The number of rotatable bonds is 1. The van der Waals surface area contributed by atoms with Crippen molar-refractivity contribution in [3.8, 4) is 0 Å². The molecule has 0 unspecified atom stereocenters. The SMILES string of the molecule is Cc1ccc(/C=C2/CCC2=O)cc1. The zero-order valence-electron chi connectivity index (χ0n) is 7.71. The van der Waals surface area contributed by atoms with Crippen molar-refractivity contribution in [2.45, 2.75) is 19.8 Å². The molecule has 0 aromatic heterocycles. The van der Waals surface area contributed by atoms with Gasteiger partial charge in [0, 0.05) is 6.42 Å². The molecule has 0 amide bonds. The highest BCUT2D eigenvalue weighted by Gasteiger charge is 2.19. The molecule has 1 aliphatic carbocycles. The summed E-state index contributed by atoms with van der Waals surface area (Å²) in [5, 5.41) is 0. The zero-order chi connectivity index (χ0) is 9.26. The van der Waals surface area contributed by atoms with E-state index in [9.17, 15) is 4.79 Å². The van der Waals surface area contributed by atoms with Crippen molar-refractivity contribution >= 4 is 11.9 Å². The molecule has 2 rings (SSSR count). The molecular weight excluding hydrogens is 160 g/mol. The van der Waals surface area contributed by atoms with E-state index in [2.05, 4.69) is 19.1 Å². The molecule has 0 radical (unpaired) electrons. The number of aryl methyl sites for hydroxylation is 1. The van der Waals surface area contributed by atoms with Crippen LogP contribution in [0.1, 0.15) is 24.0 Å². The van der Waals surface area contributed by atoms with Gasteiger partial charge in [-0.1, -0.05) is 29.8 Å². The van der Waals surface area contributed by atoms with Gasteiger partial charge < -0.3 is 0 Å². The molecular formula is C12H12O. The Morgan fingerprint density at radius 3 is 2.31 bits per heavy atom. The first-order chi connectivity index (χ1) is 6.25. The summed E-state index contributed by atoms with van der Waals surface area (Å²) in [6.07, 6.45) is 3.68. The Balaban J connectivity index is 2.22. The van der Waals surface area contributed by atoms with Gasteiger partial charge >= 0.3 is 0 Å². The third-order valence-corrected chi connectivity index (χ3v) is 2.40. The van der Waals surface area contributed by atoms with Crippen LogP contribution in [-0.2, 0) is 4.79 Å². The Morgan fingerprint density at radius 1 is 1.15 bits per heavy atom. The quantitative estimate of drug-likeness (QED) is 0.595. The van der Waals surface area contributed by atoms with E-state index in [0.29, 0.717) is 5.78 Å². The van der Waals surface area contributed by atoms with E-state index in [0.717, 1.165) is 24.0 Å². The molecule has 0 aliphatic heterocycles. The molecule has 0 saturated heterocycles. The van der Waals surface area contributed by atoms with Crippen LogP contribution in [0.3, 0.4) is 0 Å². The Hall–Kier alpha value is -1.37. The van der Waals surface area contributed by atoms with Crippen molar-refractivity contribution in [1.82, 2.24) is 0 Å². The number of allylic oxidation sites excluding steroid dienone is 1. The van der Waals surface area contributed by atoms with Crippen LogP contribution < -0.4 is 0 Å². The fourth-order valence-electron chi connectivity index (χ4n) is 1.39. The van der Waals surface area contributed by atoms with Gasteiger partial charge in [-0.05, 0) is 30.6 Å². The summed E-state index contributed by atoms with van der Waals surface area (Å²) >= 11 is 0. The maximum absolute atomic E-state index is 11.0. The van der Waals surface area contributed by atoms with Crippen molar-refractivity contribution in [3.63, 3.8) is 0 Å². The highest BCUT2D eigenvalue weighted by molar-refractivity contribution is 6.05. The van der Waals surface area contributed by atoms with E-state index in [1.54, 1.807) is 0 Å². The van der Waals surface area contributed by atoms with E-state index >= 15 is 0 Å². The first-order valence-electron chi connectivity index (χ1n) is 4.56. The molecule has 13 heavy (non-hydrogen) atoms. The third-order valence-electron chi connectivity index (χ3n) is 2.40. The number of hydrogen-bond donors (Lipinski definition) is 0. The third kappa shape index (κ3) is 1.69. The maximum Gasteiger partial charge on any atom is 0.159 e. The van der Waals surface area contributed by atoms with Crippen LogP contribution in [0, 0.1) is 6.92 Å². The topological polar surface area (TPSA) is 17.1 Å². The molecule has 0 spiro atoms. The lowest BCUT2D eigenvalue weighted by Crippen LogP contribution is -2.13. The highest BCUT2D eigenvalue weighted by atomic mass is 16.1. The van der Waals surface area contributed by atoms with E-state index in [1.165, 1.54) is 5.56 Å². The summed E-state index contributed by atoms with van der Waals surface area (Å²) in [6, 6.07) is 8.23. The summed E-state index contributed by atoms with van der Waals surface area (Å²) in [4.78, 5) is 11.0. The summed E-state index contributed by atoms with van der Waals surface area (Å²) in [5.41, 5.74) is 3.36. The van der Waals surface area contributed by atoms with Gasteiger partial charge in [0.1, 0.15) is 0 Å². The largest absolute Gasteiger partial charge is 0.295 e. The number of hydrogen-bond acceptors (Lipinski definition) is 1. The van der Waals surface area contributed by atoms with Crippen molar-refractivity contribution in [1.29, 1.82) is 0 Å². The van der Waals surface area contributed by atoms with Crippen LogP contribution in [0.25, 0.3) is 6.08 Å². The Labute approximate surface area is 78.1 Å². The second-order valence-corrected chi connectivity index (χ2v) is 3.50. The predicted octanol–water partition coefficient (Wildman–Crippen LogP) is 2.74. The first kappa shape index (κ1) is 8.24. The molecule has 1 aromatic rings. The summed E-state index contributed by atoms with van der Waals surface area (Å²) < 4.78 is 0. The lowest BCUT2D eigenvalue weighted by Gasteiger charge is -2.14. The van der Waals surface area contributed by atoms with Gasteiger partial charge in [0.25, 0.3) is 0 Å². The van der Waals surface area contributed by atoms with Gasteiger partial charge in [-0.15, -0.1) is 0 Å². The fourth-order valence-corrected chi connectivity index (χ4v) is 1.39. The number of carbonyl (C=O) groups is 1. The van der Waals surface area contributed by atoms with Gasteiger partial charge in [-0.3, -0.25) is 4.79 Å². The van der Waals surface area contributed by atoms with Crippen molar-refractivity contribution in [2.75, 3.05) is 0 Å². The fraction of sp³-hybridized carbons (Fsp3) is 0.250. The van der Waals surface area contributed by atoms with Crippen molar-refractivity contribution in [3.05, 3.63) is 41.0 Å².